The molecule has 0 amide bonds. The molecule has 0 saturated heterocycles. The smallest absolute Gasteiger partial charge is 0.133 e. The Balaban J connectivity index is 2.11. The van der Waals surface area contributed by atoms with Crippen LogP contribution in [-0.4, -0.2) is 6.26 Å². The van der Waals surface area contributed by atoms with Crippen LogP contribution in [0.5, 0.6) is 5.75 Å². The van der Waals surface area contributed by atoms with Crippen molar-refractivity contribution in [1.29, 1.82) is 0 Å². The molecule has 0 aliphatic rings. The van der Waals surface area contributed by atoms with Crippen LogP contribution in [0.15, 0.2) is 51.8 Å². The summed E-state index contributed by atoms with van der Waals surface area (Å²) in [5.74, 6) is 0.594. The van der Waals surface area contributed by atoms with Crippen LogP contribution in [0.2, 0.25) is 0 Å². The zero-order chi connectivity index (χ0) is 13.0. The van der Waals surface area contributed by atoms with E-state index < -0.39 is 0 Å². The Hall–Kier alpha value is -1.00. The van der Waals surface area contributed by atoms with Crippen LogP contribution in [0, 0.1) is 5.82 Å². The van der Waals surface area contributed by atoms with Gasteiger partial charge in [0.05, 0.1) is 0 Å². The van der Waals surface area contributed by atoms with Crippen LogP contribution >= 0.6 is 27.7 Å². The molecule has 2 aromatic rings. The normalized spacial score (nSPS) is 10.4. The monoisotopic (exact) mass is 326 g/mol. The van der Waals surface area contributed by atoms with Gasteiger partial charge in [-0.2, -0.15) is 0 Å². The molecule has 94 valence electrons. The highest BCUT2D eigenvalue weighted by atomic mass is 79.9. The van der Waals surface area contributed by atoms with Gasteiger partial charge in [-0.15, -0.1) is 11.8 Å². The Bertz CT molecular complexity index is 545. The predicted octanol–water partition coefficient (Wildman–Crippen LogP) is 4.89. The maximum absolute atomic E-state index is 13.0. The number of para-hydroxylation sites is 1. The van der Waals surface area contributed by atoms with Crippen LogP contribution in [0.25, 0.3) is 0 Å². The summed E-state index contributed by atoms with van der Waals surface area (Å²) in [6, 6.07) is 12.5. The van der Waals surface area contributed by atoms with Gasteiger partial charge in [0.2, 0.25) is 0 Å². The number of halogens is 2. The number of ether oxygens (including phenoxy) is 1. The molecule has 2 aromatic carbocycles. The highest BCUT2D eigenvalue weighted by molar-refractivity contribution is 9.10. The summed E-state index contributed by atoms with van der Waals surface area (Å²) in [5.41, 5.74) is 0.923. The third kappa shape index (κ3) is 3.27. The first kappa shape index (κ1) is 13.4. The van der Waals surface area contributed by atoms with Crippen molar-refractivity contribution in [2.24, 2.45) is 0 Å². The summed E-state index contributed by atoms with van der Waals surface area (Å²) >= 11 is 4.97. The van der Waals surface area contributed by atoms with Crippen molar-refractivity contribution in [1.82, 2.24) is 0 Å². The fourth-order valence-corrected chi connectivity index (χ4v) is 2.54. The molecule has 0 aromatic heterocycles. The van der Waals surface area contributed by atoms with Crippen molar-refractivity contribution < 1.29 is 9.13 Å². The van der Waals surface area contributed by atoms with E-state index in [-0.39, 0.29) is 5.82 Å². The number of benzene rings is 2. The SMILES string of the molecule is CSc1ccccc1OCc1ccc(F)cc1Br. The van der Waals surface area contributed by atoms with Crippen LogP contribution < -0.4 is 4.74 Å². The van der Waals surface area contributed by atoms with Gasteiger partial charge in [0.1, 0.15) is 18.2 Å². The first-order chi connectivity index (χ1) is 8.70. The van der Waals surface area contributed by atoms with Gasteiger partial charge in [0.15, 0.2) is 0 Å². The molecule has 1 nitrogen and oxygen atoms in total. The van der Waals surface area contributed by atoms with Gasteiger partial charge in [0.25, 0.3) is 0 Å². The van der Waals surface area contributed by atoms with E-state index in [4.69, 9.17) is 4.74 Å². The number of rotatable bonds is 4. The van der Waals surface area contributed by atoms with E-state index in [2.05, 4.69) is 15.9 Å². The quantitative estimate of drug-likeness (QED) is 0.740. The van der Waals surface area contributed by atoms with Crippen LogP contribution in [-0.2, 0) is 6.61 Å². The van der Waals surface area contributed by atoms with E-state index in [0.717, 1.165) is 20.7 Å². The minimum atomic E-state index is -0.255. The van der Waals surface area contributed by atoms with Gasteiger partial charge < -0.3 is 4.74 Å². The molecule has 0 heterocycles. The van der Waals surface area contributed by atoms with Crippen molar-refractivity contribution in [3.05, 3.63) is 58.3 Å². The molecule has 0 N–H and O–H groups in total. The molecule has 0 spiro atoms. The lowest BCUT2D eigenvalue weighted by molar-refractivity contribution is 0.298. The largest absolute Gasteiger partial charge is 0.488 e. The summed E-state index contributed by atoms with van der Waals surface area (Å²) in [5, 5.41) is 0. The van der Waals surface area contributed by atoms with Gasteiger partial charge in [-0.25, -0.2) is 4.39 Å². The Labute approximate surface area is 118 Å². The predicted molar refractivity (Wildman–Crippen MR) is 76.7 cm³/mol. The minimum Gasteiger partial charge on any atom is -0.488 e. The lowest BCUT2D eigenvalue weighted by Crippen LogP contribution is -1.97. The Morgan fingerprint density at radius 3 is 2.72 bits per heavy atom. The molecule has 0 saturated carbocycles. The van der Waals surface area contributed by atoms with Gasteiger partial charge in [-0.3, -0.25) is 0 Å². The molecule has 0 radical (unpaired) electrons. The maximum atomic E-state index is 13.0. The standard InChI is InChI=1S/C14H12BrFOS/c1-18-14-5-3-2-4-13(14)17-9-10-6-7-11(16)8-12(10)15/h2-8H,9H2,1H3. The van der Waals surface area contributed by atoms with E-state index in [1.54, 1.807) is 17.8 Å². The average Bonchev–Trinajstić information content (AvgIpc) is 2.38. The number of thioether (sulfide) groups is 1. The van der Waals surface area contributed by atoms with Gasteiger partial charge in [0, 0.05) is 14.9 Å². The first-order valence-corrected chi connectivity index (χ1v) is 7.42. The molecule has 0 bridgehead atoms. The highest BCUT2D eigenvalue weighted by Gasteiger charge is 2.05. The van der Waals surface area contributed by atoms with E-state index >= 15 is 0 Å². The molecule has 18 heavy (non-hydrogen) atoms. The average molecular weight is 327 g/mol. The molecule has 0 atom stereocenters. The zero-order valence-electron chi connectivity index (χ0n) is 9.82. The molecule has 2 rings (SSSR count). The number of hydrogen-bond donors (Lipinski definition) is 0. The van der Waals surface area contributed by atoms with Crippen molar-refractivity contribution in [3.8, 4) is 5.75 Å². The van der Waals surface area contributed by atoms with E-state index in [9.17, 15) is 4.39 Å². The topological polar surface area (TPSA) is 9.23 Å². The highest BCUT2D eigenvalue weighted by Crippen LogP contribution is 2.28. The van der Waals surface area contributed by atoms with Gasteiger partial charge in [-0.1, -0.05) is 34.1 Å². The number of hydrogen-bond acceptors (Lipinski definition) is 2. The van der Waals surface area contributed by atoms with Crippen LogP contribution in [0.1, 0.15) is 5.56 Å². The third-order valence-electron chi connectivity index (χ3n) is 2.47. The molecule has 0 fully saturated rings. The fourth-order valence-electron chi connectivity index (χ4n) is 1.53. The molecule has 4 heteroatoms. The summed E-state index contributed by atoms with van der Waals surface area (Å²) in [7, 11) is 0. The second-order valence-corrected chi connectivity index (χ2v) is 5.38. The summed E-state index contributed by atoms with van der Waals surface area (Å²) in [4.78, 5) is 1.09. The second kappa shape index (κ2) is 6.25. The zero-order valence-corrected chi connectivity index (χ0v) is 12.2. The van der Waals surface area contributed by atoms with Crippen molar-refractivity contribution in [2.75, 3.05) is 6.26 Å². The lowest BCUT2D eigenvalue weighted by atomic mass is 10.2. The Kier molecular flexibility index (Phi) is 4.66. The minimum absolute atomic E-state index is 0.255. The molecular formula is C14H12BrFOS. The molecular weight excluding hydrogens is 315 g/mol. The molecule has 0 aliphatic heterocycles. The van der Waals surface area contributed by atoms with Gasteiger partial charge in [-0.05, 0) is 30.5 Å². The van der Waals surface area contributed by atoms with Gasteiger partial charge >= 0.3 is 0 Å². The van der Waals surface area contributed by atoms with Crippen LogP contribution in [0.4, 0.5) is 4.39 Å². The Morgan fingerprint density at radius 2 is 2.00 bits per heavy atom. The second-order valence-electron chi connectivity index (χ2n) is 3.68. The molecule has 0 aliphatic carbocycles. The van der Waals surface area contributed by atoms with Crippen LogP contribution in [0.3, 0.4) is 0 Å². The Morgan fingerprint density at radius 1 is 1.22 bits per heavy atom. The van der Waals surface area contributed by atoms with E-state index in [1.165, 1.54) is 12.1 Å². The van der Waals surface area contributed by atoms with Crippen molar-refractivity contribution >= 4 is 27.7 Å². The lowest BCUT2D eigenvalue weighted by Gasteiger charge is -2.10. The first-order valence-electron chi connectivity index (χ1n) is 5.40. The van der Waals surface area contributed by atoms with Crippen molar-refractivity contribution in [2.45, 2.75) is 11.5 Å². The summed E-state index contributed by atoms with van der Waals surface area (Å²) < 4.78 is 19.4. The summed E-state index contributed by atoms with van der Waals surface area (Å²) in [6.45, 7) is 0.415. The van der Waals surface area contributed by atoms with Crippen molar-refractivity contribution in [3.63, 3.8) is 0 Å². The fraction of sp³-hybridized carbons (Fsp3) is 0.143. The summed E-state index contributed by atoms with van der Waals surface area (Å²) in [6.07, 6.45) is 2.01. The molecule has 0 unspecified atom stereocenters. The third-order valence-corrected chi connectivity index (χ3v) is 3.98. The maximum Gasteiger partial charge on any atom is 0.133 e. The van der Waals surface area contributed by atoms with E-state index in [0.29, 0.717) is 6.61 Å². The van der Waals surface area contributed by atoms with E-state index in [1.807, 2.05) is 30.5 Å².